The summed E-state index contributed by atoms with van der Waals surface area (Å²) in [6.07, 6.45) is 3.81. The number of methoxy groups -OCH3 is 1. The van der Waals surface area contributed by atoms with Crippen LogP contribution < -0.4 is 10.1 Å². The van der Waals surface area contributed by atoms with E-state index in [1.165, 1.54) is 11.4 Å². The largest absolute Gasteiger partial charge is 0.497 e. The summed E-state index contributed by atoms with van der Waals surface area (Å²) in [5.41, 5.74) is 5.54. The van der Waals surface area contributed by atoms with Crippen LogP contribution in [0.25, 0.3) is 16.9 Å². The van der Waals surface area contributed by atoms with E-state index in [0.717, 1.165) is 35.5 Å². The average Bonchev–Trinajstić information content (AvgIpc) is 3.55. The van der Waals surface area contributed by atoms with Gasteiger partial charge in [-0.1, -0.05) is 24.3 Å². The maximum absolute atomic E-state index is 13.2. The van der Waals surface area contributed by atoms with E-state index in [9.17, 15) is 4.79 Å². The number of ether oxygens (including phenoxy) is 1. The van der Waals surface area contributed by atoms with Crippen LogP contribution in [0.3, 0.4) is 0 Å². The molecule has 0 bridgehead atoms. The number of benzene rings is 2. The van der Waals surface area contributed by atoms with Gasteiger partial charge in [0.15, 0.2) is 0 Å². The third-order valence-corrected chi connectivity index (χ3v) is 6.85. The molecule has 1 amide bonds. The Morgan fingerprint density at radius 1 is 1.03 bits per heavy atom. The molecule has 1 spiro atoms. The summed E-state index contributed by atoms with van der Waals surface area (Å²) < 4.78 is 7.58. The minimum absolute atomic E-state index is 0.0157. The molecular weight excluding hydrogens is 414 g/mol. The summed E-state index contributed by atoms with van der Waals surface area (Å²) in [4.78, 5) is 15.2. The first-order chi connectivity index (χ1) is 16.2. The molecule has 0 aliphatic carbocycles. The van der Waals surface area contributed by atoms with E-state index in [2.05, 4.69) is 62.7 Å². The van der Waals surface area contributed by atoms with Crippen molar-refractivity contribution in [2.75, 3.05) is 25.5 Å². The van der Waals surface area contributed by atoms with Crippen LogP contribution in [-0.2, 0) is 5.54 Å². The van der Waals surface area contributed by atoms with Gasteiger partial charge in [0.05, 0.1) is 29.7 Å². The van der Waals surface area contributed by atoms with Gasteiger partial charge in [-0.25, -0.2) is 0 Å². The third-order valence-electron chi connectivity index (χ3n) is 6.85. The smallest absolute Gasteiger partial charge is 0.271 e. The third kappa shape index (κ3) is 3.19. The summed E-state index contributed by atoms with van der Waals surface area (Å²) in [6.45, 7) is 1.35. The van der Waals surface area contributed by atoms with Crippen LogP contribution in [0.2, 0.25) is 0 Å². The molecule has 2 aliphatic rings. The van der Waals surface area contributed by atoms with Gasteiger partial charge in [-0.15, -0.1) is 0 Å². The molecule has 0 atom stereocenters. The quantitative estimate of drug-likeness (QED) is 0.495. The number of fused-ring (bicyclic) bond motifs is 4. The van der Waals surface area contributed by atoms with Gasteiger partial charge in [-0.3, -0.25) is 9.89 Å². The standard InChI is InChI=1S/C26H25N5O2/c1-33-19-7-4-6-18(16-19)21-17-22(29-28-21)25(32)30-14-11-26(12-15-30)24-10-5-13-31(24)23-9-3-2-8-20(23)27-26/h2-10,13,16-17,27H,11-12,14-15H2,1H3,(H,28,29). The highest BCUT2D eigenvalue weighted by molar-refractivity contribution is 5.93. The van der Waals surface area contributed by atoms with Gasteiger partial charge in [0.25, 0.3) is 5.91 Å². The maximum Gasteiger partial charge on any atom is 0.271 e. The molecule has 2 aromatic carbocycles. The van der Waals surface area contributed by atoms with Crippen LogP contribution >= 0.6 is 0 Å². The van der Waals surface area contributed by atoms with E-state index < -0.39 is 0 Å². The maximum atomic E-state index is 13.2. The monoisotopic (exact) mass is 439 g/mol. The topological polar surface area (TPSA) is 75.2 Å². The van der Waals surface area contributed by atoms with Gasteiger partial charge in [0.2, 0.25) is 0 Å². The number of aromatic nitrogens is 3. The fraction of sp³-hybridized carbons (Fsp3) is 0.231. The lowest BCUT2D eigenvalue weighted by molar-refractivity contribution is 0.0670. The number of H-pyrrole nitrogens is 1. The summed E-state index contributed by atoms with van der Waals surface area (Å²) >= 11 is 0. The molecule has 4 aromatic rings. The Labute approximate surface area is 192 Å². The van der Waals surface area contributed by atoms with Gasteiger partial charge < -0.3 is 19.5 Å². The van der Waals surface area contributed by atoms with Gasteiger partial charge in [-0.05, 0) is 55.3 Å². The number of likely N-dealkylation sites (tertiary alicyclic amines) is 1. The van der Waals surface area contributed by atoms with Crippen molar-refractivity contribution in [1.82, 2.24) is 19.7 Å². The number of anilines is 1. The van der Waals surface area contributed by atoms with E-state index in [0.29, 0.717) is 18.8 Å². The molecule has 0 unspecified atom stereocenters. The van der Waals surface area contributed by atoms with E-state index in [-0.39, 0.29) is 11.4 Å². The van der Waals surface area contributed by atoms with Gasteiger partial charge in [0.1, 0.15) is 11.4 Å². The zero-order valence-electron chi connectivity index (χ0n) is 18.4. The molecule has 33 heavy (non-hydrogen) atoms. The van der Waals surface area contributed by atoms with Gasteiger partial charge in [0, 0.05) is 30.5 Å². The first kappa shape index (κ1) is 19.7. The fourth-order valence-corrected chi connectivity index (χ4v) is 5.10. The molecule has 6 rings (SSSR count). The predicted molar refractivity (Wildman–Crippen MR) is 127 cm³/mol. The second kappa shape index (κ2) is 7.55. The second-order valence-electron chi connectivity index (χ2n) is 8.68. The van der Waals surface area contributed by atoms with Gasteiger partial charge in [-0.2, -0.15) is 5.10 Å². The predicted octanol–water partition coefficient (Wildman–Crippen LogP) is 4.43. The molecule has 0 saturated carbocycles. The highest BCUT2D eigenvalue weighted by Crippen LogP contribution is 2.43. The van der Waals surface area contributed by atoms with E-state index in [4.69, 9.17) is 4.74 Å². The first-order valence-corrected chi connectivity index (χ1v) is 11.2. The van der Waals surface area contributed by atoms with Crippen molar-refractivity contribution in [2.45, 2.75) is 18.4 Å². The number of nitrogens with one attached hydrogen (secondary N) is 2. The van der Waals surface area contributed by atoms with Crippen LogP contribution in [0.4, 0.5) is 5.69 Å². The Kier molecular flexibility index (Phi) is 4.50. The summed E-state index contributed by atoms with van der Waals surface area (Å²) in [7, 11) is 1.64. The minimum atomic E-state index is -0.172. The minimum Gasteiger partial charge on any atom is -0.497 e. The molecule has 7 nitrogen and oxygen atoms in total. The molecule has 0 radical (unpaired) electrons. The number of para-hydroxylation sites is 2. The van der Waals surface area contributed by atoms with E-state index in [1.54, 1.807) is 7.11 Å². The Morgan fingerprint density at radius 3 is 2.73 bits per heavy atom. The number of carbonyl (C=O) groups is 1. The SMILES string of the molecule is COc1cccc(-c2cc(C(=O)N3CCC4(CC3)Nc3ccccc3-n3cccc34)[nH]n2)c1. The molecule has 2 N–H and O–H groups in total. The number of amides is 1. The Morgan fingerprint density at radius 2 is 1.88 bits per heavy atom. The highest BCUT2D eigenvalue weighted by Gasteiger charge is 2.42. The van der Waals surface area contributed by atoms with Crippen molar-refractivity contribution in [3.63, 3.8) is 0 Å². The first-order valence-electron chi connectivity index (χ1n) is 11.2. The van der Waals surface area contributed by atoms with Crippen LogP contribution in [0.15, 0.2) is 72.9 Å². The number of hydrogen-bond donors (Lipinski definition) is 2. The molecular formula is C26H25N5O2. The molecule has 7 heteroatoms. The molecule has 166 valence electrons. The zero-order chi connectivity index (χ0) is 22.4. The number of nitrogens with zero attached hydrogens (tertiary/aromatic N) is 3. The lowest BCUT2D eigenvalue weighted by Crippen LogP contribution is -2.51. The average molecular weight is 440 g/mol. The van der Waals surface area contributed by atoms with Gasteiger partial charge >= 0.3 is 0 Å². The van der Waals surface area contributed by atoms with E-state index >= 15 is 0 Å². The lowest BCUT2D eigenvalue weighted by atomic mass is 9.82. The number of rotatable bonds is 3. The Hall–Kier alpha value is -4.00. The molecule has 2 aromatic heterocycles. The Balaban J connectivity index is 1.21. The highest BCUT2D eigenvalue weighted by atomic mass is 16.5. The van der Waals surface area contributed by atoms with Crippen molar-refractivity contribution in [2.24, 2.45) is 0 Å². The summed E-state index contributed by atoms with van der Waals surface area (Å²) in [5, 5.41) is 11.1. The summed E-state index contributed by atoms with van der Waals surface area (Å²) in [6, 6.07) is 22.2. The molecule has 4 heterocycles. The van der Waals surface area contributed by atoms with Crippen molar-refractivity contribution < 1.29 is 9.53 Å². The summed E-state index contributed by atoms with van der Waals surface area (Å²) in [5.74, 6) is 0.745. The van der Waals surface area contributed by atoms with Crippen molar-refractivity contribution in [1.29, 1.82) is 0 Å². The van der Waals surface area contributed by atoms with Crippen LogP contribution in [-0.4, -0.2) is 45.8 Å². The number of aromatic amines is 1. The van der Waals surface area contributed by atoms with Crippen molar-refractivity contribution in [3.05, 3.63) is 84.3 Å². The lowest BCUT2D eigenvalue weighted by Gasteiger charge is -2.46. The zero-order valence-corrected chi connectivity index (χ0v) is 18.4. The molecule has 1 saturated heterocycles. The second-order valence-corrected chi connectivity index (χ2v) is 8.68. The normalized spacial score (nSPS) is 16.1. The van der Waals surface area contributed by atoms with E-state index in [1.807, 2.05) is 35.2 Å². The molecule has 2 aliphatic heterocycles. The van der Waals surface area contributed by atoms with Crippen molar-refractivity contribution >= 4 is 11.6 Å². The Bertz CT molecular complexity index is 1330. The van der Waals surface area contributed by atoms with Crippen LogP contribution in [0.5, 0.6) is 5.75 Å². The van der Waals surface area contributed by atoms with Crippen molar-refractivity contribution in [3.8, 4) is 22.7 Å². The number of carbonyl (C=O) groups excluding carboxylic acids is 1. The number of piperidine rings is 1. The fourth-order valence-electron chi connectivity index (χ4n) is 5.10. The number of hydrogen-bond acceptors (Lipinski definition) is 4. The molecule has 1 fully saturated rings. The van der Waals surface area contributed by atoms with Crippen LogP contribution in [0, 0.1) is 0 Å². The van der Waals surface area contributed by atoms with Crippen LogP contribution in [0.1, 0.15) is 29.0 Å².